The normalized spacial score (nSPS) is 17.3. The molecule has 3 aromatic carbocycles. The molecule has 1 atom stereocenters. The summed E-state index contributed by atoms with van der Waals surface area (Å²) in [4.78, 5) is 27.6. The predicted octanol–water partition coefficient (Wildman–Crippen LogP) is 5.25. The van der Waals surface area contributed by atoms with E-state index >= 15 is 0 Å². The molecular weight excluding hydrogens is 437 g/mol. The highest BCUT2D eigenvalue weighted by molar-refractivity contribution is 6.51. The number of methoxy groups -OCH3 is 1. The van der Waals surface area contributed by atoms with Crippen molar-refractivity contribution >= 4 is 23.1 Å². The molecular formula is C27H24FNO5. The van der Waals surface area contributed by atoms with Gasteiger partial charge in [0.05, 0.1) is 24.8 Å². The van der Waals surface area contributed by atoms with Gasteiger partial charge in [-0.3, -0.25) is 14.5 Å². The lowest BCUT2D eigenvalue weighted by Gasteiger charge is -2.26. The van der Waals surface area contributed by atoms with Gasteiger partial charge in [0, 0.05) is 16.8 Å². The van der Waals surface area contributed by atoms with Crippen molar-refractivity contribution in [1.82, 2.24) is 0 Å². The maximum absolute atomic E-state index is 14.1. The number of hydrogen-bond donors (Lipinski definition) is 1. The number of anilines is 1. The summed E-state index contributed by atoms with van der Waals surface area (Å²) in [5.74, 6) is -1.75. The zero-order chi connectivity index (χ0) is 24.4. The lowest BCUT2D eigenvalue weighted by Crippen LogP contribution is -2.29. The summed E-state index contributed by atoms with van der Waals surface area (Å²) in [6, 6.07) is 17.9. The number of benzene rings is 3. The molecule has 0 radical (unpaired) electrons. The van der Waals surface area contributed by atoms with Gasteiger partial charge in [0.2, 0.25) is 0 Å². The first kappa shape index (κ1) is 23.0. The molecule has 1 amide bonds. The summed E-state index contributed by atoms with van der Waals surface area (Å²) < 4.78 is 25.3. The van der Waals surface area contributed by atoms with Crippen LogP contribution in [0.2, 0.25) is 0 Å². The minimum Gasteiger partial charge on any atom is -0.507 e. The molecule has 1 fully saturated rings. The number of ether oxygens (including phenoxy) is 2. The number of ketones is 1. The number of amides is 1. The second-order valence-electron chi connectivity index (χ2n) is 8.09. The van der Waals surface area contributed by atoms with Crippen LogP contribution in [0.15, 0.2) is 78.4 Å². The van der Waals surface area contributed by atoms with Crippen LogP contribution in [0.5, 0.6) is 11.5 Å². The Kier molecular flexibility index (Phi) is 6.36. The first-order chi connectivity index (χ1) is 16.3. The first-order valence-corrected chi connectivity index (χ1v) is 10.8. The standard InChI is InChI=1S/C27H24FNO5/c1-16(2)34-20-11-6-8-17(14-20)25(30)23-24(21-12-4-5-13-22(21)33-3)29(27(32)26(23)31)19-10-7-9-18(28)15-19/h4-16,24,30H,1-3H3/b25-23+. The highest BCUT2D eigenvalue weighted by Crippen LogP contribution is 2.45. The van der Waals surface area contributed by atoms with Crippen molar-refractivity contribution in [2.75, 3.05) is 12.0 Å². The van der Waals surface area contributed by atoms with E-state index in [1.54, 1.807) is 48.5 Å². The van der Waals surface area contributed by atoms with Gasteiger partial charge in [0.15, 0.2) is 0 Å². The van der Waals surface area contributed by atoms with E-state index in [0.29, 0.717) is 22.6 Å². The number of para-hydroxylation sites is 1. The zero-order valence-corrected chi connectivity index (χ0v) is 19.0. The van der Waals surface area contributed by atoms with E-state index in [-0.39, 0.29) is 23.1 Å². The Hall–Kier alpha value is -4.13. The third-order valence-electron chi connectivity index (χ3n) is 5.44. The predicted molar refractivity (Wildman–Crippen MR) is 126 cm³/mol. The summed E-state index contributed by atoms with van der Waals surface area (Å²) in [6.45, 7) is 3.75. The lowest BCUT2D eigenvalue weighted by molar-refractivity contribution is -0.132. The molecule has 4 rings (SSSR count). The maximum Gasteiger partial charge on any atom is 0.300 e. The molecule has 3 aromatic rings. The summed E-state index contributed by atoms with van der Waals surface area (Å²) in [5.41, 5.74) is 0.856. The fourth-order valence-corrected chi connectivity index (χ4v) is 4.06. The third-order valence-corrected chi connectivity index (χ3v) is 5.44. The number of aliphatic hydroxyl groups excluding tert-OH is 1. The van der Waals surface area contributed by atoms with Gasteiger partial charge in [0.1, 0.15) is 23.1 Å². The zero-order valence-electron chi connectivity index (χ0n) is 19.0. The molecule has 0 aliphatic carbocycles. The second kappa shape index (κ2) is 9.39. The number of carbonyl (C=O) groups excluding carboxylic acids is 2. The minimum absolute atomic E-state index is 0.0930. The van der Waals surface area contributed by atoms with E-state index in [1.165, 1.54) is 36.3 Å². The number of carbonyl (C=O) groups is 2. The van der Waals surface area contributed by atoms with Gasteiger partial charge in [-0.2, -0.15) is 0 Å². The van der Waals surface area contributed by atoms with E-state index in [4.69, 9.17) is 9.47 Å². The van der Waals surface area contributed by atoms with Crippen LogP contribution in [0.3, 0.4) is 0 Å². The van der Waals surface area contributed by atoms with Gasteiger partial charge in [-0.25, -0.2) is 4.39 Å². The lowest BCUT2D eigenvalue weighted by atomic mass is 9.94. The fourth-order valence-electron chi connectivity index (χ4n) is 4.06. The van der Waals surface area contributed by atoms with Gasteiger partial charge in [-0.05, 0) is 50.2 Å². The monoisotopic (exact) mass is 461 g/mol. The Labute approximate surface area is 196 Å². The molecule has 1 heterocycles. The van der Waals surface area contributed by atoms with E-state index in [0.717, 1.165) is 0 Å². The van der Waals surface area contributed by atoms with Gasteiger partial charge in [0.25, 0.3) is 11.7 Å². The molecule has 1 N–H and O–H groups in total. The number of Topliss-reactive ketones (excluding diaryl/α,β-unsaturated/α-hetero) is 1. The molecule has 34 heavy (non-hydrogen) atoms. The van der Waals surface area contributed by atoms with E-state index in [9.17, 15) is 19.1 Å². The minimum atomic E-state index is -1.03. The van der Waals surface area contributed by atoms with Crippen LogP contribution >= 0.6 is 0 Å². The highest BCUT2D eigenvalue weighted by Gasteiger charge is 2.48. The first-order valence-electron chi connectivity index (χ1n) is 10.8. The Morgan fingerprint density at radius 1 is 1.00 bits per heavy atom. The van der Waals surface area contributed by atoms with Crippen molar-refractivity contribution in [3.05, 3.63) is 95.3 Å². The average molecular weight is 461 g/mol. The largest absolute Gasteiger partial charge is 0.507 e. The molecule has 0 aromatic heterocycles. The topological polar surface area (TPSA) is 76.1 Å². The Balaban J connectivity index is 1.95. The molecule has 0 saturated carbocycles. The number of hydrogen-bond acceptors (Lipinski definition) is 5. The van der Waals surface area contributed by atoms with Crippen LogP contribution in [-0.4, -0.2) is 30.0 Å². The summed E-state index contributed by atoms with van der Waals surface area (Å²) >= 11 is 0. The Bertz CT molecular complexity index is 1280. The molecule has 1 saturated heterocycles. The maximum atomic E-state index is 14.1. The summed E-state index contributed by atoms with van der Waals surface area (Å²) in [5, 5.41) is 11.3. The quantitative estimate of drug-likeness (QED) is 0.308. The molecule has 1 unspecified atom stereocenters. The third kappa shape index (κ3) is 4.24. The SMILES string of the molecule is COc1ccccc1C1/C(=C(\O)c2cccc(OC(C)C)c2)C(=O)C(=O)N1c1cccc(F)c1. The highest BCUT2D eigenvalue weighted by atomic mass is 19.1. The summed E-state index contributed by atoms with van der Waals surface area (Å²) in [6.07, 6.45) is -0.0930. The van der Waals surface area contributed by atoms with E-state index < -0.39 is 23.5 Å². The van der Waals surface area contributed by atoms with Crippen molar-refractivity contribution in [2.24, 2.45) is 0 Å². The van der Waals surface area contributed by atoms with Crippen molar-refractivity contribution in [2.45, 2.75) is 26.0 Å². The van der Waals surface area contributed by atoms with E-state index in [2.05, 4.69) is 0 Å². The molecule has 1 aliphatic rings. The van der Waals surface area contributed by atoms with Gasteiger partial charge in [-0.1, -0.05) is 36.4 Å². The molecule has 0 bridgehead atoms. The van der Waals surface area contributed by atoms with E-state index in [1.807, 2.05) is 13.8 Å². The van der Waals surface area contributed by atoms with Crippen LogP contribution in [0.1, 0.15) is 31.0 Å². The van der Waals surface area contributed by atoms with Crippen molar-refractivity contribution in [3.63, 3.8) is 0 Å². The number of aliphatic hydroxyl groups is 1. The van der Waals surface area contributed by atoms with Crippen molar-refractivity contribution < 1.29 is 28.6 Å². The number of halogens is 1. The fraction of sp³-hybridized carbons (Fsp3) is 0.185. The average Bonchev–Trinajstić information content (AvgIpc) is 3.08. The molecule has 1 aliphatic heterocycles. The second-order valence-corrected chi connectivity index (χ2v) is 8.09. The van der Waals surface area contributed by atoms with Crippen LogP contribution in [0.4, 0.5) is 10.1 Å². The number of nitrogens with zero attached hydrogens (tertiary/aromatic N) is 1. The van der Waals surface area contributed by atoms with Crippen LogP contribution in [-0.2, 0) is 9.59 Å². The van der Waals surface area contributed by atoms with Gasteiger partial charge >= 0.3 is 0 Å². The van der Waals surface area contributed by atoms with Gasteiger partial charge in [-0.15, -0.1) is 0 Å². The molecule has 7 heteroatoms. The Morgan fingerprint density at radius 2 is 1.74 bits per heavy atom. The van der Waals surface area contributed by atoms with Crippen molar-refractivity contribution in [3.8, 4) is 11.5 Å². The van der Waals surface area contributed by atoms with Crippen LogP contribution < -0.4 is 14.4 Å². The smallest absolute Gasteiger partial charge is 0.300 e. The molecule has 0 spiro atoms. The number of rotatable bonds is 6. The Morgan fingerprint density at radius 3 is 2.44 bits per heavy atom. The van der Waals surface area contributed by atoms with Crippen LogP contribution in [0.25, 0.3) is 5.76 Å². The van der Waals surface area contributed by atoms with Crippen LogP contribution in [0, 0.1) is 5.82 Å². The molecule has 6 nitrogen and oxygen atoms in total. The van der Waals surface area contributed by atoms with Crippen molar-refractivity contribution in [1.29, 1.82) is 0 Å². The summed E-state index contributed by atoms with van der Waals surface area (Å²) in [7, 11) is 1.47. The molecule has 174 valence electrons. The van der Waals surface area contributed by atoms with Gasteiger partial charge < -0.3 is 14.6 Å².